The van der Waals surface area contributed by atoms with Crippen LogP contribution in [0.4, 0.5) is 5.95 Å². The molecule has 0 unspecified atom stereocenters. The van der Waals surface area contributed by atoms with E-state index in [-0.39, 0.29) is 11.6 Å². The van der Waals surface area contributed by atoms with Crippen molar-refractivity contribution in [1.82, 2.24) is 19.5 Å². The molecule has 0 aliphatic rings. The summed E-state index contributed by atoms with van der Waals surface area (Å²) in [6, 6.07) is 10.2. The fourth-order valence-electron chi connectivity index (χ4n) is 2.70. The fraction of sp³-hybridized carbons (Fsp3) is 0.167. The average molecular weight is 400 g/mol. The lowest BCUT2D eigenvalue weighted by Crippen LogP contribution is -2.22. The first-order chi connectivity index (χ1) is 13.1. The molecule has 0 atom stereocenters. The van der Waals surface area contributed by atoms with Gasteiger partial charge in [-0.05, 0) is 36.6 Å². The number of rotatable bonds is 6. The summed E-state index contributed by atoms with van der Waals surface area (Å²) >= 11 is 3.41. The van der Waals surface area contributed by atoms with Gasteiger partial charge in [-0.2, -0.15) is 0 Å². The van der Waals surface area contributed by atoms with E-state index in [9.17, 15) is 9.90 Å². The molecular weight excluding hydrogens is 382 g/mol. The molecule has 0 spiro atoms. The van der Waals surface area contributed by atoms with E-state index < -0.39 is 0 Å². The van der Waals surface area contributed by atoms with Crippen molar-refractivity contribution >= 4 is 28.6 Å². The molecule has 0 fully saturated rings. The molecule has 27 heavy (non-hydrogen) atoms. The standard InChI is InChI=1S/C18H17N5O2S2/c1-11-16(24)22-18(25)23(11)9-8-20-17-19-7-6-12(21-17)13-4-5-15(27-13)14-3-2-10-26-14/h2-7,10,24H,8-9H2,1H3,(H,22,25)(H,19,20,21). The van der Waals surface area contributed by atoms with E-state index in [4.69, 9.17) is 0 Å². The zero-order valence-electron chi connectivity index (χ0n) is 14.5. The normalized spacial score (nSPS) is 11.0. The van der Waals surface area contributed by atoms with Gasteiger partial charge in [0.15, 0.2) is 0 Å². The van der Waals surface area contributed by atoms with Crippen LogP contribution in [0, 0.1) is 6.92 Å². The lowest BCUT2D eigenvalue weighted by Gasteiger charge is -2.07. The van der Waals surface area contributed by atoms with Crippen molar-refractivity contribution in [3.8, 4) is 26.2 Å². The first-order valence-electron chi connectivity index (χ1n) is 8.31. The molecular formula is C18H17N5O2S2. The molecule has 0 saturated heterocycles. The minimum Gasteiger partial charge on any atom is -0.493 e. The van der Waals surface area contributed by atoms with Crippen molar-refractivity contribution in [2.75, 3.05) is 11.9 Å². The number of H-pyrrole nitrogens is 1. The zero-order chi connectivity index (χ0) is 18.8. The first kappa shape index (κ1) is 17.5. The van der Waals surface area contributed by atoms with Gasteiger partial charge in [-0.3, -0.25) is 9.55 Å². The summed E-state index contributed by atoms with van der Waals surface area (Å²) in [6.07, 6.45) is 1.72. The van der Waals surface area contributed by atoms with Gasteiger partial charge in [0.2, 0.25) is 11.8 Å². The van der Waals surface area contributed by atoms with Gasteiger partial charge in [0, 0.05) is 29.0 Å². The largest absolute Gasteiger partial charge is 0.493 e. The summed E-state index contributed by atoms with van der Waals surface area (Å²) in [7, 11) is 0. The van der Waals surface area contributed by atoms with Gasteiger partial charge in [0.05, 0.1) is 16.3 Å². The molecule has 0 radical (unpaired) electrons. The van der Waals surface area contributed by atoms with Crippen LogP contribution in [0.25, 0.3) is 20.3 Å². The van der Waals surface area contributed by atoms with Crippen molar-refractivity contribution in [1.29, 1.82) is 0 Å². The molecule has 0 aromatic carbocycles. The Morgan fingerprint density at radius 2 is 2.07 bits per heavy atom. The highest BCUT2D eigenvalue weighted by Gasteiger charge is 2.10. The number of hydrogen-bond acceptors (Lipinski definition) is 7. The fourth-order valence-corrected chi connectivity index (χ4v) is 4.51. The number of hydrogen-bond donors (Lipinski definition) is 3. The van der Waals surface area contributed by atoms with Crippen molar-refractivity contribution in [2.45, 2.75) is 13.5 Å². The molecule has 0 amide bonds. The van der Waals surface area contributed by atoms with Crippen LogP contribution in [0.5, 0.6) is 5.88 Å². The lowest BCUT2D eigenvalue weighted by molar-refractivity contribution is 0.450. The van der Waals surface area contributed by atoms with Crippen LogP contribution < -0.4 is 11.0 Å². The van der Waals surface area contributed by atoms with E-state index in [2.05, 4.69) is 43.8 Å². The second-order valence-corrected chi connectivity index (χ2v) is 7.88. The van der Waals surface area contributed by atoms with Crippen molar-refractivity contribution in [2.24, 2.45) is 0 Å². The second kappa shape index (κ2) is 7.37. The molecule has 0 saturated carbocycles. The predicted molar refractivity (Wildman–Crippen MR) is 109 cm³/mol. The summed E-state index contributed by atoms with van der Waals surface area (Å²) in [5.41, 5.74) is 1.03. The molecule has 3 N–H and O–H groups in total. The number of thiophene rings is 2. The molecule has 0 bridgehead atoms. The maximum absolute atomic E-state index is 11.7. The average Bonchev–Trinajstić information content (AvgIpc) is 3.39. The molecule has 0 aliphatic carbocycles. The topological polar surface area (TPSA) is 95.8 Å². The van der Waals surface area contributed by atoms with Gasteiger partial charge in [0.25, 0.3) is 0 Å². The minimum atomic E-state index is -0.332. The number of nitrogens with zero attached hydrogens (tertiary/aromatic N) is 3. The Labute approximate surface area is 163 Å². The second-order valence-electron chi connectivity index (χ2n) is 5.85. The molecule has 0 aliphatic heterocycles. The van der Waals surface area contributed by atoms with Crippen molar-refractivity contribution < 1.29 is 5.11 Å². The summed E-state index contributed by atoms with van der Waals surface area (Å²) in [4.78, 5) is 26.5. The Kier molecular flexibility index (Phi) is 4.78. The van der Waals surface area contributed by atoms with Crippen LogP contribution in [0.3, 0.4) is 0 Å². The summed E-state index contributed by atoms with van der Waals surface area (Å²) in [5.74, 6) is 0.404. The number of nitrogens with one attached hydrogen (secondary N) is 2. The molecule has 7 nitrogen and oxygen atoms in total. The molecule has 9 heteroatoms. The molecule has 4 rings (SSSR count). The van der Waals surface area contributed by atoms with E-state index >= 15 is 0 Å². The van der Waals surface area contributed by atoms with Crippen LogP contribution in [0.2, 0.25) is 0 Å². The third-order valence-electron chi connectivity index (χ3n) is 4.11. The highest BCUT2D eigenvalue weighted by molar-refractivity contribution is 7.23. The first-order valence-corrected chi connectivity index (χ1v) is 10.0. The Morgan fingerprint density at radius 3 is 2.81 bits per heavy atom. The van der Waals surface area contributed by atoms with E-state index in [1.54, 1.807) is 35.8 Å². The van der Waals surface area contributed by atoms with Crippen molar-refractivity contribution in [3.63, 3.8) is 0 Å². The number of aromatic nitrogens is 4. The van der Waals surface area contributed by atoms with Gasteiger partial charge in [-0.15, -0.1) is 22.7 Å². The highest BCUT2D eigenvalue weighted by Crippen LogP contribution is 2.35. The van der Waals surface area contributed by atoms with E-state index in [0.717, 1.165) is 10.6 Å². The van der Waals surface area contributed by atoms with E-state index in [1.807, 2.05) is 12.1 Å². The van der Waals surface area contributed by atoms with Crippen LogP contribution >= 0.6 is 22.7 Å². The Morgan fingerprint density at radius 1 is 1.22 bits per heavy atom. The highest BCUT2D eigenvalue weighted by atomic mass is 32.1. The number of aromatic amines is 1. The molecule has 4 aromatic rings. The number of imidazole rings is 1. The van der Waals surface area contributed by atoms with Crippen molar-refractivity contribution in [3.05, 3.63) is 58.1 Å². The van der Waals surface area contributed by atoms with Gasteiger partial charge in [-0.25, -0.2) is 14.8 Å². The smallest absolute Gasteiger partial charge is 0.328 e. The number of anilines is 1. The summed E-state index contributed by atoms with van der Waals surface area (Å²) in [5, 5.41) is 14.7. The minimum absolute atomic E-state index is 0.0995. The van der Waals surface area contributed by atoms with Crippen LogP contribution in [0.1, 0.15) is 5.69 Å². The number of aromatic hydroxyl groups is 1. The zero-order valence-corrected chi connectivity index (χ0v) is 16.1. The van der Waals surface area contributed by atoms with Crippen LogP contribution in [-0.2, 0) is 6.54 Å². The maximum Gasteiger partial charge on any atom is 0.328 e. The van der Waals surface area contributed by atoms with E-state index in [1.165, 1.54) is 14.3 Å². The third kappa shape index (κ3) is 3.64. The Bertz CT molecular complexity index is 1110. The summed E-state index contributed by atoms with van der Waals surface area (Å²) < 4.78 is 1.47. The molecule has 4 aromatic heterocycles. The SMILES string of the molecule is Cc1c(O)[nH]c(=O)n1CCNc1nccc(-c2ccc(-c3cccs3)s2)n1. The third-order valence-corrected chi connectivity index (χ3v) is 6.29. The molecule has 138 valence electrons. The molecule has 4 heterocycles. The summed E-state index contributed by atoms with van der Waals surface area (Å²) in [6.45, 7) is 2.55. The van der Waals surface area contributed by atoms with Crippen LogP contribution in [0.15, 0.2) is 46.7 Å². The predicted octanol–water partition coefficient (Wildman–Crippen LogP) is 3.55. The van der Waals surface area contributed by atoms with Crippen LogP contribution in [-0.4, -0.2) is 31.2 Å². The van der Waals surface area contributed by atoms with E-state index in [0.29, 0.717) is 24.7 Å². The van der Waals surface area contributed by atoms with Gasteiger partial charge in [0.1, 0.15) is 0 Å². The monoisotopic (exact) mass is 399 g/mol. The maximum atomic E-state index is 11.7. The van der Waals surface area contributed by atoms with Gasteiger partial charge < -0.3 is 10.4 Å². The Balaban J connectivity index is 1.46. The lowest BCUT2D eigenvalue weighted by atomic mass is 10.3. The quantitative estimate of drug-likeness (QED) is 0.461. The Hall–Kier alpha value is -2.91. The van der Waals surface area contributed by atoms with Gasteiger partial charge in [-0.1, -0.05) is 6.07 Å². The van der Waals surface area contributed by atoms with Gasteiger partial charge >= 0.3 is 5.69 Å².